The number of rotatable bonds is 4. The van der Waals surface area contributed by atoms with E-state index in [0.717, 1.165) is 0 Å². The minimum absolute atomic E-state index is 0.280. The Morgan fingerprint density at radius 2 is 2.08 bits per heavy atom. The zero-order valence-electron chi connectivity index (χ0n) is 14.2. The van der Waals surface area contributed by atoms with E-state index in [4.69, 9.17) is 19.9 Å². The Kier molecular flexibility index (Phi) is 4.43. The lowest BCUT2D eigenvalue weighted by atomic mass is 10.1. The number of nitrogen functional groups attached to an aromatic ring is 1. The van der Waals surface area contributed by atoms with Gasteiger partial charge in [-0.3, -0.25) is 4.57 Å². The Hall–Kier alpha value is -1.81. The van der Waals surface area contributed by atoms with Crippen LogP contribution in [-0.2, 0) is 14.2 Å². The number of aliphatic hydroxyl groups excluding tert-OH is 1. The quantitative estimate of drug-likeness (QED) is 0.828. The highest BCUT2D eigenvalue weighted by Gasteiger charge is 2.46. The number of methoxy groups -OCH3 is 1. The number of anilines is 1. The van der Waals surface area contributed by atoms with E-state index < -0.39 is 24.5 Å². The van der Waals surface area contributed by atoms with Gasteiger partial charge in [-0.25, -0.2) is 15.0 Å². The Bertz CT molecular complexity index is 713. The summed E-state index contributed by atoms with van der Waals surface area (Å²) in [7, 11) is 1.54. The molecule has 1 aliphatic rings. The Morgan fingerprint density at radius 1 is 1.33 bits per heavy atom. The third kappa shape index (κ3) is 3.07. The van der Waals surface area contributed by atoms with Crippen molar-refractivity contribution in [1.29, 1.82) is 0 Å². The van der Waals surface area contributed by atoms with Gasteiger partial charge >= 0.3 is 0 Å². The summed E-state index contributed by atoms with van der Waals surface area (Å²) in [4.78, 5) is 12.3. The van der Waals surface area contributed by atoms with Gasteiger partial charge in [0.2, 0.25) is 0 Å². The zero-order chi connectivity index (χ0) is 17.5. The van der Waals surface area contributed by atoms with Crippen LogP contribution in [0.15, 0.2) is 12.7 Å². The van der Waals surface area contributed by atoms with Crippen molar-refractivity contribution >= 4 is 17.0 Å². The molecular formula is C15H23N5O4. The number of nitrogens with two attached hydrogens (primary N) is 1. The number of hydrogen-bond donors (Lipinski definition) is 2. The number of nitrogens with zero attached hydrogens (tertiary/aromatic N) is 4. The lowest BCUT2D eigenvalue weighted by molar-refractivity contribution is -0.103. The summed E-state index contributed by atoms with van der Waals surface area (Å²) in [5.41, 5.74) is 6.46. The van der Waals surface area contributed by atoms with Gasteiger partial charge in [-0.15, -0.1) is 0 Å². The standard InChI is InChI=1S/C15H23N5O4/c1-15(2,3)23-5-8-11(22-4)10(21)14(24-8)20-7-19-9-12(16)17-6-18-13(9)20/h6-8,10-11,14,21H,5H2,1-4H3,(H2,16,17,18)/t8-,10?,11?,14-/m1/s1. The lowest BCUT2D eigenvalue weighted by Crippen LogP contribution is -2.37. The molecule has 0 aliphatic carbocycles. The molecule has 2 aromatic rings. The monoisotopic (exact) mass is 337 g/mol. The number of aliphatic hydroxyl groups is 1. The van der Waals surface area contributed by atoms with E-state index in [1.54, 1.807) is 4.57 Å². The van der Waals surface area contributed by atoms with Crippen LogP contribution in [0.3, 0.4) is 0 Å². The summed E-state index contributed by atoms with van der Waals surface area (Å²) in [6.45, 7) is 6.18. The van der Waals surface area contributed by atoms with Gasteiger partial charge < -0.3 is 25.1 Å². The van der Waals surface area contributed by atoms with Crippen molar-refractivity contribution in [2.75, 3.05) is 19.5 Å². The molecule has 0 radical (unpaired) electrons. The largest absolute Gasteiger partial charge is 0.386 e. The fraction of sp³-hybridized carbons (Fsp3) is 0.667. The van der Waals surface area contributed by atoms with Crippen LogP contribution in [0.1, 0.15) is 27.0 Å². The molecule has 0 saturated carbocycles. The first-order valence-corrected chi connectivity index (χ1v) is 7.75. The minimum Gasteiger partial charge on any atom is -0.386 e. The maximum atomic E-state index is 10.6. The molecule has 1 fully saturated rings. The smallest absolute Gasteiger partial charge is 0.167 e. The molecule has 9 nitrogen and oxygen atoms in total. The summed E-state index contributed by atoms with van der Waals surface area (Å²) in [5, 5.41) is 10.6. The summed E-state index contributed by atoms with van der Waals surface area (Å²) >= 11 is 0. The highest BCUT2D eigenvalue weighted by molar-refractivity contribution is 5.81. The van der Waals surface area contributed by atoms with Gasteiger partial charge in [-0.05, 0) is 20.8 Å². The third-order valence-electron chi connectivity index (χ3n) is 3.92. The molecular weight excluding hydrogens is 314 g/mol. The minimum atomic E-state index is -0.892. The molecule has 9 heteroatoms. The second kappa shape index (κ2) is 6.25. The Morgan fingerprint density at radius 3 is 2.75 bits per heavy atom. The molecule has 132 valence electrons. The summed E-state index contributed by atoms with van der Waals surface area (Å²) in [6.07, 6.45) is 0.369. The molecule has 3 heterocycles. The van der Waals surface area contributed by atoms with Gasteiger partial charge in [0, 0.05) is 7.11 Å². The first-order chi connectivity index (χ1) is 11.3. The van der Waals surface area contributed by atoms with E-state index in [2.05, 4.69) is 15.0 Å². The molecule has 1 aliphatic heterocycles. The molecule has 3 N–H and O–H groups in total. The number of hydrogen-bond acceptors (Lipinski definition) is 8. The van der Waals surface area contributed by atoms with Crippen molar-refractivity contribution in [2.45, 2.75) is 50.9 Å². The van der Waals surface area contributed by atoms with Crippen LogP contribution < -0.4 is 5.73 Å². The summed E-state index contributed by atoms with van der Waals surface area (Å²) < 4.78 is 18.8. The summed E-state index contributed by atoms with van der Waals surface area (Å²) in [5.74, 6) is 0.280. The van der Waals surface area contributed by atoms with Crippen molar-refractivity contribution in [3.8, 4) is 0 Å². The SMILES string of the molecule is COC1C(O)[C@H](n2cnc3c(N)ncnc32)O[C@@H]1COC(C)(C)C. The number of fused-ring (bicyclic) bond motifs is 1. The molecule has 0 aromatic carbocycles. The predicted molar refractivity (Wildman–Crippen MR) is 86.2 cm³/mol. The normalized spacial score (nSPS) is 27.9. The van der Waals surface area contributed by atoms with Gasteiger partial charge in [0.25, 0.3) is 0 Å². The van der Waals surface area contributed by atoms with Crippen LogP contribution in [0.4, 0.5) is 5.82 Å². The highest BCUT2D eigenvalue weighted by Crippen LogP contribution is 2.33. The number of ether oxygens (including phenoxy) is 3. The predicted octanol–water partition coefficient (Wildman–Crippen LogP) is 0.497. The van der Waals surface area contributed by atoms with Crippen LogP contribution in [0, 0.1) is 0 Å². The van der Waals surface area contributed by atoms with E-state index in [-0.39, 0.29) is 11.4 Å². The van der Waals surface area contributed by atoms with Gasteiger partial charge in [0.15, 0.2) is 17.7 Å². The van der Waals surface area contributed by atoms with Crippen LogP contribution in [0.25, 0.3) is 11.2 Å². The van der Waals surface area contributed by atoms with Crippen molar-refractivity contribution in [2.24, 2.45) is 0 Å². The highest BCUT2D eigenvalue weighted by atomic mass is 16.6. The fourth-order valence-electron chi connectivity index (χ4n) is 2.76. The van der Waals surface area contributed by atoms with Crippen LogP contribution in [-0.4, -0.2) is 62.3 Å². The zero-order valence-corrected chi connectivity index (χ0v) is 14.2. The number of imidazole rings is 1. The molecule has 4 atom stereocenters. The molecule has 2 aromatic heterocycles. The van der Waals surface area contributed by atoms with Gasteiger partial charge in [0.1, 0.15) is 30.2 Å². The van der Waals surface area contributed by atoms with Crippen LogP contribution >= 0.6 is 0 Å². The van der Waals surface area contributed by atoms with Crippen LogP contribution in [0.5, 0.6) is 0 Å². The van der Waals surface area contributed by atoms with E-state index in [0.29, 0.717) is 17.8 Å². The van der Waals surface area contributed by atoms with Gasteiger partial charge in [-0.2, -0.15) is 0 Å². The van der Waals surface area contributed by atoms with Crippen molar-refractivity contribution < 1.29 is 19.3 Å². The van der Waals surface area contributed by atoms with Gasteiger partial charge in [0.05, 0.1) is 18.5 Å². The Labute approximate surface area is 139 Å². The second-order valence-corrected chi connectivity index (χ2v) is 6.76. The molecule has 24 heavy (non-hydrogen) atoms. The molecule has 0 amide bonds. The van der Waals surface area contributed by atoms with E-state index in [1.807, 2.05) is 20.8 Å². The van der Waals surface area contributed by atoms with Crippen LogP contribution in [0.2, 0.25) is 0 Å². The first kappa shape index (κ1) is 17.0. The topological polar surface area (TPSA) is 118 Å². The lowest BCUT2D eigenvalue weighted by Gasteiger charge is -2.24. The van der Waals surface area contributed by atoms with Crippen molar-refractivity contribution in [3.63, 3.8) is 0 Å². The molecule has 0 bridgehead atoms. The summed E-state index contributed by atoms with van der Waals surface area (Å²) in [6, 6.07) is 0. The maximum absolute atomic E-state index is 10.6. The molecule has 0 spiro atoms. The Balaban J connectivity index is 1.86. The first-order valence-electron chi connectivity index (χ1n) is 7.75. The second-order valence-electron chi connectivity index (χ2n) is 6.76. The molecule has 2 unspecified atom stereocenters. The van der Waals surface area contributed by atoms with Crippen molar-refractivity contribution in [1.82, 2.24) is 19.5 Å². The maximum Gasteiger partial charge on any atom is 0.167 e. The third-order valence-corrected chi connectivity index (χ3v) is 3.92. The molecule has 1 saturated heterocycles. The molecule has 3 rings (SSSR count). The van der Waals surface area contributed by atoms with E-state index >= 15 is 0 Å². The fourth-order valence-corrected chi connectivity index (χ4v) is 2.76. The van der Waals surface area contributed by atoms with Crippen molar-refractivity contribution in [3.05, 3.63) is 12.7 Å². The average Bonchev–Trinajstić information content (AvgIpc) is 3.06. The van der Waals surface area contributed by atoms with E-state index in [9.17, 15) is 5.11 Å². The average molecular weight is 337 g/mol. The number of aromatic nitrogens is 4. The van der Waals surface area contributed by atoms with Gasteiger partial charge in [-0.1, -0.05) is 0 Å². The van der Waals surface area contributed by atoms with E-state index in [1.165, 1.54) is 19.8 Å².